The number of carbonyl (C=O) groups is 2. The Hall–Kier alpha value is -1.79. The molecule has 7 heteroatoms. The maximum atomic E-state index is 12.0. The lowest BCUT2D eigenvalue weighted by Gasteiger charge is -2.43. The summed E-state index contributed by atoms with van der Waals surface area (Å²) in [5.41, 5.74) is -1.22. The number of anilines is 1. The number of hydrogen-bond donors (Lipinski definition) is 3. The second-order valence-electron chi connectivity index (χ2n) is 6.77. The molecule has 1 aliphatic carbocycles. The number of halogens is 1. The average Bonchev–Trinajstić information content (AvgIpc) is 2.32. The Kier molecular flexibility index (Phi) is 4.59. The van der Waals surface area contributed by atoms with Gasteiger partial charge in [-0.2, -0.15) is 0 Å². The minimum absolute atomic E-state index is 0.0902. The average molecular weight is 342 g/mol. The van der Waals surface area contributed by atoms with E-state index in [0.717, 1.165) is 0 Å². The normalized spacial score (nSPS) is 23.8. The molecule has 2 rings (SSSR count). The van der Waals surface area contributed by atoms with Gasteiger partial charge in [0.25, 0.3) is 0 Å². The molecule has 1 aromatic rings. The van der Waals surface area contributed by atoms with Crippen molar-refractivity contribution in [2.24, 2.45) is 0 Å². The largest absolute Gasteiger partial charge is 0.481 e. The van der Waals surface area contributed by atoms with Gasteiger partial charge in [0.15, 0.2) is 0 Å². The van der Waals surface area contributed by atoms with Gasteiger partial charge >= 0.3 is 12.1 Å². The molecule has 0 atom stereocenters. The van der Waals surface area contributed by atoms with Crippen LogP contribution >= 0.6 is 11.6 Å². The number of hydrogen-bond acceptors (Lipinski definition) is 4. The molecule has 0 heterocycles. The topological polar surface area (TPSA) is 95.9 Å². The number of aliphatic hydroxyl groups is 1. The smallest absolute Gasteiger partial charge is 0.412 e. The highest BCUT2D eigenvalue weighted by Gasteiger charge is 2.52. The number of nitrogens with one attached hydrogen (secondary N) is 1. The summed E-state index contributed by atoms with van der Waals surface area (Å²) in [4.78, 5) is 23.7. The zero-order valence-electron chi connectivity index (χ0n) is 13.2. The molecule has 3 N–H and O–H groups in total. The molecule has 23 heavy (non-hydrogen) atoms. The van der Waals surface area contributed by atoms with Gasteiger partial charge in [0, 0.05) is 10.7 Å². The Labute approximate surface area is 139 Å². The van der Waals surface area contributed by atoms with Crippen molar-refractivity contribution in [3.63, 3.8) is 0 Å². The van der Waals surface area contributed by atoms with Crippen molar-refractivity contribution in [3.05, 3.63) is 28.8 Å². The van der Waals surface area contributed by atoms with Gasteiger partial charge < -0.3 is 14.9 Å². The minimum Gasteiger partial charge on any atom is -0.481 e. The number of carboxylic acids is 1. The van der Waals surface area contributed by atoms with Crippen molar-refractivity contribution in [1.82, 2.24) is 0 Å². The van der Waals surface area contributed by atoms with E-state index < -0.39 is 29.2 Å². The maximum absolute atomic E-state index is 12.0. The van der Waals surface area contributed by atoms with E-state index in [9.17, 15) is 19.8 Å². The van der Waals surface area contributed by atoms with Gasteiger partial charge in [-0.05, 0) is 51.3 Å². The molecule has 0 aliphatic heterocycles. The van der Waals surface area contributed by atoms with Crippen LogP contribution < -0.4 is 5.32 Å². The molecule has 6 nitrogen and oxygen atoms in total. The number of aliphatic carboxylic acids is 1. The van der Waals surface area contributed by atoms with Crippen LogP contribution in [0, 0.1) is 0 Å². The van der Waals surface area contributed by atoms with E-state index in [2.05, 4.69) is 5.32 Å². The van der Waals surface area contributed by atoms with Crippen molar-refractivity contribution < 1.29 is 24.5 Å². The van der Waals surface area contributed by atoms with Gasteiger partial charge in [0.1, 0.15) is 5.60 Å². The standard InChI is InChI=1S/C16H20ClNO5/c1-15(2,3)23-14(22)18-12-6-9(17)4-5-11(12)16(13(20)21)7-10(19)8-16/h4-6,10,19H,7-8H2,1-3H3,(H,18,22)(H,20,21). The van der Waals surface area contributed by atoms with Crippen LogP contribution in [-0.4, -0.2) is 34.0 Å². The highest BCUT2D eigenvalue weighted by atomic mass is 35.5. The SMILES string of the molecule is CC(C)(C)OC(=O)Nc1cc(Cl)ccc1C1(C(=O)O)CC(O)C1. The first kappa shape index (κ1) is 17.6. The molecular weight excluding hydrogens is 322 g/mol. The van der Waals surface area contributed by atoms with Crippen LogP contribution in [0.5, 0.6) is 0 Å². The number of aliphatic hydroxyl groups excluding tert-OH is 1. The van der Waals surface area contributed by atoms with Crippen LogP contribution in [-0.2, 0) is 14.9 Å². The number of benzene rings is 1. The second kappa shape index (κ2) is 6.02. The van der Waals surface area contributed by atoms with Crippen LogP contribution in [0.15, 0.2) is 18.2 Å². The van der Waals surface area contributed by atoms with Crippen LogP contribution in [0.1, 0.15) is 39.2 Å². The van der Waals surface area contributed by atoms with Crippen LogP contribution in [0.3, 0.4) is 0 Å². The molecule has 0 aromatic heterocycles. The number of rotatable bonds is 3. The quantitative estimate of drug-likeness (QED) is 0.784. The second-order valence-corrected chi connectivity index (χ2v) is 7.20. The molecule has 0 radical (unpaired) electrons. The molecule has 1 fully saturated rings. The summed E-state index contributed by atoms with van der Waals surface area (Å²) in [5.74, 6) is -1.04. The van der Waals surface area contributed by atoms with E-state index in [1.165, 1.54) is 6.07 Å². The number of carboxylic acid groups (broad SMARTS) is 1. The summed E-state index contributed by atoms with van der Waals surface area (Å²) >= 11 is 5.96. The zero-order valence-corrected chi connectivity index (χ0v) is 14.0. The lowest BCUT2D eigenvalue weighted by molar-refractivity contribution is -0.152. The lowest BCUT2D eigenvalue weighted by Crippen LogP contribution is -2.51. The fourth-order valence-corrected chi connectivity index (χ4v) is 2.88. The van der Waals surface area contributed by atoms with Crippen LogP contribution in [0.25, 0.3) is 0 Å². The molecule has 0 saturated heterocycles. The molecule has 0 spiro atoms. The first-order chi connectivity index (χ1) is 10.5. The Morgan fingerprint density at radius 3 is 2.43 bits per heavy atom. The third-order valence-corrected chi connectivity index (χ3v) is 3.95. The number of amides is 1. The predicted octanol–water partition coefficient (Wildman–Crippen LogP) is 3.16. The Morgan fingerprint density at radius 1 is 1.35 bits per heavy atom. The van der Waals surface area contributed by atoms with Crippen LogP contribution in [0.2, 0.25) is 5.02 Å². The first-order valence-corrected chi connectivity index (χ1v) is 7.63. The lowest BCUT2D eigenvalue weighted by atomic mass is 9.62. The summed E-state index contributed by atoms with van der Waals surface area (Å²) < 4.78 is 5.19. The monoisotopic (exact) mass is 341 g/mol. The molecule has 1 aromatic carbocycles. The van der Waals surface area contributed by atoms with E-state index in [-0.39, 0.29) is 18.5 Å². The summed E-state index contributed by atoms with van der Waals surface area (Å²) in [7, 11) is 0. The van der Waals surface area contributed by atoms with Gasteiger partial charge in [-0.25, -0.2) is 4.79 Å². The number of ether oxygens (including phenoxy) is 1. The fraction of sp³-hybridized carbons (Fsp3) is 0.500. The van der Waals surface area contributed by atoms with E-state index >= 15 is 0 Å². The van der Waals surface area contributed by atoms with Crippen molar-refractivity contribution in [3.8, 4) is 0 Å². The van der Waals surface area contributed by atoms with E-state index in [1.54, 1.807) is 32.9 Å². The fourth-order valence-electron chi connectivity index (χ4n) is 2.71. The van der Waals surface area contributed by atoms with Gasteiger partial charge in [-0.1, -0.05) is 17.7 Å². The Morgan fingerprint density at radius 2 is 1.96 bits per heavy atom. The molecule has 0 bridgehead atoms. The zero-order chi connectivity index (χ0) is 17.4. The van der Waals surface area contributed by atoms with Crippen molar-refractivity contribution in [1.29, 1.82) is 0 Å². The number of carbonyl (C=O) groups excluding carboxylic acids is 1. The molecule has 1 amide bonds. The third kappa shape index (κ3) is 3.76. The molecular formula is C16H20ClNO5. The van der Waals surface area contributed by atoms with E-state index in [1.807, 2.05) is 0 Å². The van der Waals surface area contributed by atoms with E-state index in [0.29, 0.717) is 10.6 Å². The van der Waals surface area contributed by atoms with Crippen molar-refractivity contribution in [2.45, 2.75) is 50.7 Å². The highest BCUT2D eigenvalue weighted by Crippen LogP contribution is 2.47. The van der Waals surface area contributed by atoms with Crippen LogP contribution in [0.4, 0.5) is 10.5 Å². The minimum atomic E-state index is -1.23. The van der Waals surface area contributed by atoms with Crippen molar-refractivity contribution in [2.75, 3.05) is 5.32 Å². The van der Waals surface area contributed by atoms with Gasteiger partial charge in [0.05, 0.1) is 11.5 Å². The molecule has 0 unspecified atom stereocenters. The molecule has 126 valence electrons. The third-order valence-electron chi connectivity index (χ3n) is 3.71. The highest BCUT2D eigenvalue weighted by molar-refractivity contribution is 6.31. The summed E-state index contributed by atoms with van der Waals surface area (Å²) in [6, 6.07) is 4.61. The van der Waals surface area contributed by atoms with E-state index in [4.69, 9.17) is 16.3 Å². The summed E-state index contributed by atoms with van der Waals surface area (Å²) in [6.45, 7) is 5.19. The van der Waals surface area contributed by atoms with Gasteiger partial charge in [0.2, 0.25) is 0 Å². The molecule has 1 aliphatic rings. The molecule has 1 saturated carbocycles. The Balaban J connectivity index is 2.35. The van der Waals surface area contributed by atoms with Crippen molar-refractivity contribution >= 4 is 29.4 Å². The van der Waals surface area contributed by atoms with Gasteiger partial charge in [-0.15, -0.1) is 0 Å². The van der Waals surface area contributed by atoms with Gasteiger partial charge in [-0.3, -0.25) is 10.1 Å². The first-order valence-electron chi connectivity index (χ1n) is 7.25. The maximum Gasteiger partial charge on any atom is 0.412 e. The Bertz CT molecular complexity index is 632. The summed E-state index contributed by atoms with van der Waals surface area (Å²) in [6.07, 6.45) is -1.18. The summed E-state index contributed by atoms with van der Waals surface area (Å²) in [5, 5.41) is 22.1. The predicted molar refractivity (Wildman–Crippen MR) is 85.9 cm³/mol.